The maximum absolute atomic E-state index is 6.47. The van der Waals surface area contributed by atoms with Crippen LogP contribution in [-0.2, 0) is 13.1 Å². The zero-order valence-corrected chi connectivity index (χ0v) is 12.9. The van der Waals surface area contributed by atoms with Crippen LogP contribution in [0.1, 0.15) is 31.7 Å². The molecule has 0 fully saturated rings. The van der Waals surface area contributed by atoms with E-state index in [0.717, 1.165) is 31.7 Å². The molecule has 1 aliphatic heterocycles. The number of aryl methyl sites for hydroxylation is 1. The average Bonchev–Trinajstić information content (AvgIpc) is 2.58. The largest absolute Gasteiger partial charge is 0.321 e. The van der Waals surface area contributed by atoms with Crippen LogP contribution in [0.5, 0.6) is 0 Å². The number of aromatic nitrogens is 2. The molecule has 0 radical (unpaired) electrons. The van der Waals surface area contributed by atoms with Gasteiger partial charge in [-0.1, -0.05) is 11.6 Å². The highest BCUT2D eigenvalue weighted by molar-refractivity contribution is 6.34. The van der Waals surface area contributed by atoms with Crippen molar-refractivity contribution in [3.63, 3.8) is 0 Å². The Balaban J connectivity index is 2.40. The van der Waals surface area contributed by atoms with Crippen LogP contribution in [0.2, 0.25) is 5.02 Å². The van der Waals surface area contributed by atoms with Crippen LogP contribution in [0.15, 0.2) is 5.10 Å². The third-order valence-corrected chi connectivity index (χ3v) is 3.96. The Morgan fingerprint density at radius 3 is 2.70 bits per heavy atom. The number of hydrogen-bond acceptors (Lipinski definition) is 5. The van der Waals surface area contributed by atoms with Crippen molar-refractivity contribution in [3.8, 4) is 0 Å². The topological polar surface area (TPSA) is 88.7 Å². The van der Waals surface area contributed by atoms with Gasteiger partial charge in [0.05, 0.1) is 10.7 Å². The quantitative estimate of drug-likeness (QED) is 0.361. The summed E-state index contributed by atoms with van der Waals surface area (Å²) in [5, 5.41) is 10.1. The molecule has 112 valence electrons. The molecule has 0 saturated carbocycles. The molecule has 8 heteroatoms. The minimum absolute atomic E-state index is 0.381. The highest BCUT2D eigenvalue weighted by Gasteiger charge is 2.25. The Morgan fingerprint density at radius 2 is 2.15 bits per heavy atom. The normalized spacial score (nSPS) is 17.2. The molecule has 2 heterocycles. The van der Waals surface area contributed by atoms with Gasteiger partial charge < -0.3 is 5.84 Å². The first kappa shape index (κ1) is 15.1. The molecule has 0 unspecified atom stereocenters. The lowest BCUT2D eigenvalue weighted by Crippen LogP contribution is -2.35. The number of hydrogen-bond donors (Lipinski definition) is 2. The molecule has 0 aliphatic carbocycles. The first-order valence-electron chi connectivity index (χ1n) is 6.71. The number of nitrogens with zero attached hydrogens (tertiary/aromatic N) is 5. The maximum Gasteiger partial charge on any atom is 0.191 e. The fraction of sp³-hybridized carbons (Fsp3) is 0.667. The zero-order valence-electron chi connectivity index (χ0n) is 12.2. The number of fused-ring (bicyclic) bond motifs is 1. The Kier molecular flexibility index (Phi) is 4.52. The summed E-state index contributed by atoms with van der Waals surface area (Å²) in [6.07, 6.45) is 1.04. The van der Waals surface area contributed by atoms with Gasteiger partial charge in [-0.05, 0) is 20.3 Å². The second-order valence-electron chi connectivity index (χ2n) is 5.31. The summed E-state index contributed by atoms with van der Waals surface area (Å²) >= 11 is 6.47. The predicted octanol–water partition coefficient (Wildman–Crippen LogP) is 0.576. The zero-order chi connectivity index (χ0) is 14.9. The van der Waals surface area contributed by atoms with Gasteiger partial charge in [0.25, 0.3) is 0 Å². The Bertz CT molecular complexity index is 506. The molecule has 0 saturated heterocycles. The fourth-order valence-corrected chi connectivity index (χ4v) is 2.69. The molecule has 0 amide bonds. The van der Waals surface area contributed by atoms with Crippen LogP contribution in [0.3, 0.4) is 0 Å². The lowest BCUT2D eigenvalue weighted by molar-refractivity contribution is 0.216. The van der Waals surface area contributed by atoms with Crippen molar-refractivity contribution < 1.29 is 0 Å². The molecule has 4 N–H and O–H groups in total. The summed E-state index contributed by atoms with van der Waals surface area (Å²) in [4.78, 5) is 2.38. The molecule has 0 bridgehead atoms. The number of rotatable bonds is 2. The second kappa shape index (κ2) is 5.99. The van der Waals surface area contributed by atoms with E-state index in [-0.39, 0.29) is 0 Å². The predicted molar refractivity (Wildman–Crippen MR) is 80.1 cm³/mol. The minimum atomic E-state index is 0.381. The standard InChI is InChI=1S/C12H22ClN7/c1-8(2)19-5-4-6-20-9(7-19)10(13)11(17-20)12(16-14)18(3)15/h8H,4-7,14-15H2,1-3H3/b16-12-. The highest BCUT2D eigenvalue weighted by atomic mass is 35.5. The molecule has 1 aromatic rings. The van der Waals surface area contributed by atoms with Gasteiger partial charge in [-0.25, -0.2) is 5.84 Å². The van der Waals surface area contributed by atoms with Crippen molar-refractivity contribution in [2.45, 2.75) is 39.4 Å². The van der Waals surface area contributed by atoms with Gasteiger partial charge >= 0.3 is 0 Å². The summed E-state index contributed by atoms with van der Waals surface area (Å²) in [5.41, 5.74) is 1.54. The van der Waals surface area contributed by atoms with E-state index in [4.69, 9.17) is 23.3 Å². The third-order valence-electron chi connectivity index (χ3n) is 3.56. The molecule has 0 spiro atoms. The number of hydrazine groups is 1. The number of amidine groups is 1. The van der Waals surface area contributed by atoms with Gasteiger partial charge in [-0.2, -0.15) is 10.2 Å². The average molecular weight is 300 g/mol. The van der Waals surface area contributed by atoms with Crippen molar-refractivity contribution in [2.24, 2.45) is 16.8 Å². The first-order valence-corrected chi connectivity index (χ1v) is 7.09. The Morgan fingerprint density at radius 1 is 1.45 bits per heavy atom. The smallest absolute Gasteiger partial charge is 0.191 e. The summed E-state index contributed by atoms with van der Waals surface area (Å²) in [6, 6.07) is 0.468. The van der Waals surface area contributed by atoms with Crippen LogP contribution >= 0.6 is 11.6 Å². The molecule has 7 nitrogen and oxygen atoms in total. The van der Waals surface area contributed by atoms with E-state index >= 15 is 0 Å². The molecule has 20 heavy (non-hydrogen) atoms. The Labute approximate surface area is 124 Å². The monoisotopic (exact) mass is 299 g/mol. The van der Waals surface area contributed by atoms with E-state index in [0.29, 0.717) is 22.6 Å². The van der Waals surface area contributed by atoms with Gasteiger partial charge in [0, 0.05) is 32.7 Å². The van der Waals surface area contributed by atoms with Gasteiger partial charge in [-0.15, -0.1) is 0 Å². The molecular weight excluding hydrogens is 278 g/mol. The second-order valence-corrected chi connectivity index (χ2v) is 5.69. The van der Waals surface area contributed by atoms with E-state index in [1.54, 1.807) is 7.05 Å². The van der Waals surface area contributed by atoms with Crippen molar-refractivity contribution in [3.05, 3.63) is 16.4 Å². The molecule has 1 aromatic heterocycles. The molecule has 0 atom stereocenters. The van der Waals surface area contributed by atoms with Crippen LogP contribution in [0.25, 0.3) is 0 Å². The minimum Gasteiger partial charge on any atom is -0.321 e. The van der Waals surface area contributed by atoms with Crippen molar-refractivity contribution in [1.29, 1.82) is 0 Å². The lowest BCUT2D eigenvalue weighted by atomic mass is 10.2. The van der Waals surface area contributed by atoms with Crippen molar-refractivity contribution in [2.75, 3.05) is 13.6 Å². The summed E-state index contributed by atoms with van der Waals surface area (Å²) in [5.74, 6) is 11.5. The number of nitrogens with two attached hydrogens (primary N) is 2. The summed E-state index contributed by atoms with van der Waals surface area (Å²) in [6.45, 7) is 7.02. The third kappa shape index (κ3) is 2.74. The SMILES string of the molecule is CC(C)N1CCCn2nc(/C(=N/N)N(C)N)c(Cl)c2C1. The molecule has 2 rings (SSSR count). The molecular formula is C12H22ClN7. The highest BCUT2D eigenvalue weighted by Crippen LogP contribution is 2.26. The van der Waals surface area contributed by atoms with Gasteiger partial charge in [0.1, 0.15) is 5.69 Å². The first-order chi connectivity index (χ1) is 9.45. The van der Waals surface area contributed by atoms with Crippen LogP contribution in [0, 0.1) is 0 Å². The van der Waals surface area contributed by atoms with Crippen LogP contribution in [-0.4, -0.2) is 45.2 Å². The van der Waals surface area contributed by atoms with E-state index < -0.39 is 0 Å². The lowest BCUT2D eigenvalue weighted by Gasteiger charge is -2.24. The van der Waals surface area contributed by atoms with E-state index in [2.05, 4.69) is 28.9 Å². The maximum atomic E-state index is 6.47. The fourth-order valence-electron chi connectivity index (χ4n) is 2.41. The molecule has 1 aliphatic rings. The summed E-state index contributed by atoms with van der Waals surface area (Å²) in [7, 11) is 1.66. The number of halogens is 1. The molecule has 0 aromatic carbocycles. The summed E-state index contributed by atoms with van der Waals surface area (Å²) < 4.78 is 1.94. The van der Waals surface area contributed by atoms with E-state index in [1.807, 2.05) is 4.68 Å². The Hall–Kier alpha value is -1.31. The van der Waals surface area contributed by atoms with Crippen molar-refractivity contribution in [1.82, 2.24) is 19.7 Å². The van der Waals surface area contributed by atoms with Gasteiger partial charge in [-0.3, -0.25) is 14.6 Å². The van der Waals surface area contributed by atoms with Gasteiger partial charge in [0.15, 0.2) is 5.84 Å². The number of hydrazone groups is 1. The van der Waals surface area contributed by atoms with Crippen LogP contribution < -0.4 is 11.7 Å². The van der Waals surface area contributed by atoms with Crippen LogP contribution in [0.4, 0.5) is 0 Å². The van der Waals surface area contributed by atoms with E-state index in [1.165, 1.54) is 5.01 Å². The van der Waals surface area contributed by atoms with Gasteiger partial charge in [0.2, 0.25) is 0 Å². The van der Waals surface area contributed by atoms with E-state index in [9.17, 15) is 0 Å². The van der Waals surface area contributed by atoms with Crippen molar-refractivity contribution >= 4 is 17.4 Å².